The van der Waals surface area contributed by atoms with Crippen LogP contribution in [0.15, 0.2) is 24.8 Å². The van der Waals surface area contributed by atoms with Crippen molar-refractivity contribution in [2.75, 3.05) is 0 Å². The lowest BCUT2D eigenvalue weighted by molar-refractivity contribution is 0.626. The number of rotatable bonds is 1. The van der Waals surface area contributed by atoms with Crippen molar-refractivity contribution in [1.29, 1.82) is 0 Å². The molecule has 0 unspecified atom stereocenters. The molecule has 0 amide bonds. The number of benzene rings is 1. The lowest BCUT2D eigenvalue weighted by atomic mass is 10.1. The monoisotopic (exact) mass is 194 g/mol. The second-order valence-corrected chi connectivity index (χ2v) is 3.50. The lowest BCUT2D eigenvalue weighted by Gasteiger charge is -2.00. The van der Waals surface area contributed by atoms with Gasteiger partial charge in [-0.3, -0.25) is 0 Å². The van der Waals surface area contributed by atoms with Gasteiger partial charge >= 0.3 is 0 Å². The third-order valence-corrected chi connectivity index (χ3v) is 1.53. The van der Waals surface area contributed by atoms with Crippen LogP contribution in [-0.4, -0.2) is 0 Å². The van der Waals surface area contributed by atoms with Gasteiger partial charge in [-0.2, -0.15) is 0 Å². The van der Waals surface area contributed by atoms with E-state index < -0.39 is 0 Å². The average molecular weight is 194 g/mol. The first-order valence-electron chi connectivity index (χ1n) is 4.94. The van der Waals surface area contributed by atoms with E-state index in [1.807, 2.05) is 19.9 Å². The molecule has 1 aromatic carbocycles. The third-order valence-electron chi connectivity index (χ3n) is 1.53. The van der Waals surface area contributed by atoms with Crippen LogP contribution >= 0.6 is 0 Å². The molecule has 0 aliphatic rings. The van der Waals surface area contributed by atoms with Crippen molar-refractivity contribution >= 4 is 5.57 Å². The summed E-state index contributed by atoms with van der Waals surface area (Å²) in [5, 5.41) is 0. The molecule has 0 N–H and O–H groups in total. The Hall–Kier alpha value is -1.11. The van der Waals surface area contributed by atoms with Crippen LogP contribution in [0.4, 0.5) is 4.39 Å². The lowest BCUT2D eigenvalue weighted by Crippen LogP contribution is -1.83. The van der Waals surface area contributed by atoms with Gasteiger partial charge in [-0.05, 0) is 37.1 Å². The Bertz CT molecular complexity index is 280. The summed E-state index contributed by atoms with van der Waals surface area (Å²) in [6.07, 6.45) is 1.25. The van der Waals surface area contributed by atoms with Gasteiger partial charge in [0.1, 0.15) is 5.82 Å². The van der Waals surface area contributed by atoms with Crippen LogP contribution in [0.3, 0.4) is 0 Å². The van der Waals surface area contributed by atoms with Crippen molar-refractivity contribution in [3.8, 4) is 0 Å². The smallest absolute Gasteiger partial charge is 0.124 e. The molecule has 0 bridgehead atoms. The Morgan fingerprint density at radius 2 is 1.79 bits per heavy atom. The van der Waals surface area contributed by atoms with E-state index in [-0.39, 0.29) is 5.82 Å². The molecule has 0 fully saturated rings. The molecule has 0 atom stereocenters. The average Bonchev–Trinajstić information content (AvgIpc) is 2.03. The van der Waals surface area contributed by atoms with Crippen LogP contribution in [0.25, 0.3) is 5.57 Å². The summed E-state index contributed by atoms with van der Waals surface area (Å²) in [7, 11) is 0. The van der Waals surface area contributed by atoms with Gasteiger partial charge in [0.2, 0.25) is 0 Å². The molecular weight excluding hydrogens is 175 g/mol. The fourth-order valence-corrected chi connectivity index (χ4v) is 0.983. The minimum absolute atomic E-state index is 0.192. The summed E-state index contributed by atoms with van der Waals surface area (Å²) >= 11 is 0. The first kappa shape index (κ1) is 12.9. The molecule has 14 heavy (non-hydrogen) atoms. The molecule has 0 heterocycles. The Morgan fingerprint density at radius 3 is 2.14 bits per heavy atom. The highest BCUT2D eigenvalue weighted by atomic mass is 19.1. The molecule has 1 heteroatoms. The summed E-state index contributed by atoms with van der Waals surface area (Å²) in [6, 6.07) is 4.92. The maximum Gasteiger partial charge on any atom is 0.124 e. The molecule has 0 nitrogen and oxygen atoms in total. The molecule has 78 valence electrons. The summed E-state index contributed by atoms with van der Waals surface area (Å²) < 4.78 is 12.7. The predicted molar refractivity (Wildman–Crippen MR) is 61.8 cm³/mol. The van der Waals surface area contributed by atoms with Gasteiger partial charge in [0.05, 0.1) is 0 Å². The molecule has 0 aliphatic heterocycles. The van der Waals surface area contributed by atoms with Gasteiger partial charge in [0.25, 0.3) is 0 Å². The van der Waals surface area contributed by atoms with Gasteiger partial charge in [-0.1, -0.05) is 38.5 Å². The first-order valence-corrected chi connectivity index (χ1v) is 4.94. The molecule has 0 aromatic heterocycles. The number of hydrogen-bond acceptors (Lipinski definition) is 0. The van der Waals surface area contributed by atoms with Crippen molar-refractivity contribution in [1.82, 2.24) is 0 Å². The van der Waals surface area contributed by atoms with Crippen LogP contribution in [0.5, 0.6) is 0 Å². The second-order valence-electron chi connectivity index (χ2n) is 3.50. The minimum atomic E-state index is -0.192. The van der Waals surface area contributed by atoms with Gasteiger partial charge < -0.3 is 0 Å². The maximum atomic E-state index is 12.7. The number of allylic oxidation sites excluding steroid dienone is 1. The standard InChI is InChI=1S/C10H11F.C3H8/c1-7(2)9-4-8(3)5-10(11)6-9;1-3-2/h4-6H,1H2,2-3H3;3H2,1-2H3. The van der Waals surface area contributed by atoms with Crippen LogP contribution in [0.1, 0.15) is 38.3 Å². The highest BCUT2D eigenvalue weighted by Gasteiger charge is 1.97. The molecule has 0 aliphatic carbocycles. The SMILES string of the molecule is C=C(C)c1cc(C)cc(F)c1.CCC. The van der Waals surface area contributed by atoms with Gasteiger partial charge in [-0.15, -0.1) is 0 Å². The van der Waals surface area contributed by atoms with Crippen molar-refractivity contribution in [2.24, 2.45) is 0 Å². The predicted octanol–water partition coefficient (Wildman–Crippen LogP) is 4.58. The maximum absolute atomic E-state index is 12.7. The molecule has 0 spiro atoms. The van der Waals surface area contributed by atoms with Gasteiger partial charge in [0.15, 0.2) is 0 Å². The van der Waals surface area contributed by atoms with Crippen LogP contribution in [-0.2, 0) is 0 Å². The Labute approximate surface area is 86.5 Å². The van der Waals surface area contributed by atoms with E-state index in [4.69, 9.17) is 0 Å². The molecule has 1 aromatic rings. The van der Waals surface area contributed by atoms with Gasteiger partial charge in [0, 0.05) is 0 Å². The summed E-state index contributed by atoms with van der Waals surface area (Å²) in [6.45, 7) is 11.7. The minimum Gasteiger partial charge on any atom is -0.207 e. The number of aryl methyl sites for hydroxylation is 1. The van der Waals surface area contributed by atoms with E-state index in [1.54, 1.807) is 0 Å². The third kappa shape index (κ3) is 4.80. The van der Waals surface area contributed by atoms with E-state index in [1.165, 1.54) is 18.6 Å². The zero-order valence-electron chi connectivity index (χ0n) is 9.52. The zero-order valence-corrected chi connectivity index (χ0v) is 9.52. The Morgan fingerprint density at radius 1 is 1.29 bits per heavy atom. The molecule has 0 radical (unpaired) electrons. The molecule has 0 saturated carbocycles. The normalized spacial score (nSPS) is 8.93. The largest absolute Gasteiger partial charge is 0.207 e. The van der Waals surface area contributed by atoms with Crippen molar-refractivity contribution < 1.29 is 4.39 Å². The first-order chi connectivity index (χ1) is 6.51. The van der Waals surface area contributed by atoms with Crippen molar-refractivity contribution in [3.05, 3.63) is 41.7 Å². The molecular formula is C13H19F. The Balaban J connectivity index is 0.000000500. The van der Waals surface area contributed by atoms with Crippen LogP contribution in [0, 0.1) is 12.7 Å². The van der Waals surface area contributed by atoms with Crippen molar-refractivity contribution in [3.63, 3.8) is 0 Å². The topological polar surface area (TPSA) is 0 Å². The summed E-state index contributed by atoms with van der Waals surface area (Å²) in [5.41, 5.74) is 2.71. The summed E-state index contributed by atoms with van der Waals surface area (Å²) in [5.74, 6) is -0.192. The summed E-state index contributed by atoms with van der Waals surface area (Å²) in [4.78, 5) is 0. The highest BCUT2D eigenvalue weighted by molar-refractivity contribution is 5.61. The fraction of sp³-hybridized carbons (Fsp3) is 0.385. The Kier molecular flexibility index (Phi) is 5.86. The molecule has 1 rings (SSSR count). The number of halogens is 1. The van der Waals surface area contributed by atoms with Crippen LogP contribution in [0.2, 0.25) is 0 Å². The number of hydrogen-bond donors (Lipinski definition) is 0. The van der Waals surface area contributed by atoms with Crippen LogP contribution < -0.4 is 0 Å². The van der Waals surface area contributed by atoms with E-state index in [0.29, 0.717) is 0 Å². The highest BCUT2D eigenvalue weighted by Crippen LogP contribution is 2.14. The molecule has 0 saturated heterocycles. The van der Waals surface area contributed by atoms with E-state index in [0.717, 1.165) is 16.7 Å². The zero-order chi connectivity index (χ0) is 11.1. The van der Waals surface area contributed by atoms with Gasteiger partial charge in [-0.25, -0.2) is 4.39 Å². The second kappa shape index (κ2) is 6.36. The quantitative estimate of drug-likeness (QED) is 0.613. The van der Waals surface area contributed by atoms with E-state index >= 15 is 0 Å². The van der Waals surface area contributed by atoms with E-state index in [9.17, 15) is 4.39 Å². The van der Waals surface area contributed by atoms with E-state index in [2.05, 4.69) is 20.4 Å². The van der Waals surface area contributed by atoms with Crippen molar-refractivity contribution in [2.45, 2.75) is 34.1 Å². The fourth-order valence-electron chi connectivity index (χ4n) is 0.983.